The monoisotopic (exact) mass is 755 g/mol. The maximum Gasteiger partial charge on any atom is 0.319 e. The zero-order chi connectivity index (χ0) is 38.1. The molecule has 2 unspecified atom stereocenters. The molecule has 3 saturated heterocycles. The van der Waals surface area contributed by atoms with Crippen molar-refractivity contribution in [3.8, 4) is 24.1 Å². The number of hydrogen-bond acceptors (Lipinski definition) is 10. The largest absolute Gasteiger partial charge is 0.508 e. The number of nitrogens with zero attached hydrogens (tertiary/aromatic N) is 4. The number of β-amino-alcohol motifs (C(OH)–C–C–N with tert-alkyl or cyclic N) is 1. The standard InChI is InChI=1S/C43H51F2N5O5/c1-4-29-31(44)12-11-26-20-28(51)21-30(33(26)29)36-35(45)37-34(39(46-36)53-3)38(49-18-8-13-41(2,52)24-49)48-40(47-37)54-25-42-14-7-10-32(42)50(19-9-15-42)27-22-43(55-23-27)16-5-6-17-43/h1,11-12,20-21,27,32,36,46,51-52H,5-10,13-19,22-25H2,2-3H3/t27?,32-,36?,41-,42-/m1/s1. The van der Waals surface area contributed by atoms with Crippen molar-refractivity contribution in [1.29, 1.82) is 0 Å². The number of piperidine rings is 2. The van der Waals surface area contributed by atoms with E-state index in [9.17, 15) is 10.2 Å². The molecule has 9 rings (SSSR count). The Balaban J connectivity index is 1.12. The number of fused-ring (bicyclic) bond motifs is 3. The van der Waals surface area contributed by atoms with E-state index in [-0.39, 0.29) is 51.7 Å². The number of aromatic nitrogens is 2. The second-order valence-corrected chi connectivity index (χ2v) is 17.2. The van der Waals surface area contributed by atoms with Gasteiger partial charge in [0.25, 0.3) is 0 Å². The van der Waals surface area contributed by atoms with Crippen LogP contribution in [0.5, 0.6) is 11.8 Å². The summed E-state index contributed by atoms with van der Waals surface area (Å²) in [4.78, 5) is 14.4. The minimum Gasteiger partial charge on any atom is -0.508 e. The molecular weight excluding hydrogens is 704 g/mol. The molecule has 3 N–H and O–H groups in total. The number of rotatable bonds is 7. The van der Waals surface area contributed by atoms with Crippen LogP contribution in [0.3, 0.4) is 0 Å². The third kappa shape index (κ3) is 6.27. The number of aromatic hydroxyl groups is 1. The van der Waals surface area contributed by atoms with Gasteiger partial charge in [-0.3, -0.25) is 4.90 Å². The molecule has 1 aromatic heterocycles. The molecule has 292 valence electrons. The fourth-order valence-corrected chi connectivity index (χ4v) is 11.1. The smallest absolute Gasteiger partial charge is 0.319 e. The average molecular weight is 756 g/mol. The van der Waals surface area contributed by atoms with Gasteiger partial charge in [-0.05, 0) is 100 Å². The molecule has 10 nitrogen and oxygen atoms in total. The van der Waals surface area contributed by atoms with E-state index < -0.39 is 23.3 Å². The van der Waals surface area contributed by atoms with E-state index in [1.807, 2.05) is 4.90 Å². The molecule has 5 heterocycles. The van der Waals surface area contributed by atoms with Gasteiger partial charge in [0.2, 0.25) is 5.88 Å². The lowest BCUT2D eigenvalue weighted by Gasteiger charge is -2.48. The van der Waals surface area contributed by atoms with Crippen LogP contribution in [0.25, 0.3) is 22.5 Å². The second-order valence-electron chi connectivity index (χ2n) is 17.2. The summed E-state index contributed by atoms with van der Waals surface area (Å²) in [7, 11) is 1.47. The highest BCUT2D eigenvalue weighted by Crippen LogP contribution is 2.51. The minimum absolute atomic E-state index is 0.0309. The van der Waals surface area contributed by atoms with Crippen LogP contribution in [-0.2, 0) is 9.47 Å². The lowest BCUT2D eigenvalue weighted by atomic mass is 9.74. The summed E-state index contributed by atoms with van der Waals surface area (Å²) in [5, 5.41) is 26.1. The van der Waals surface area contributed by atoms with Crippen LogP contribution in [0.4, 0.5) is 14.6 Å². The summed E-state index contributed by atoms with van der Waals surface area (Å²) >= 11 is 0. The van der Waals surface area contributed by atoms with E-state index in [1.54, 1.807) is 6.92 Å². The normalized spacial score (nSPS) is 30.3. The zero-order valence-electron chi connectivity index (χ0n) is 31.8. The highest BCUT2D eigenvalue weighted by Gasteiger charge is 2.53. The van der Waals surface area contributed by atoms with Gasteiger partial charge < -0.3 is 34.6 Å². The van der Waals surface area contributed by atoms with Crippen molar-refractivity contribution in [1.82, 2.24) is 20.2 Å². The quantitative estimate of drug-likeness (QED) is 0.283. The van der Waals surface area contributed by atoms with Crippen molar-refractivity contribution >= 4 is 28.3 Å². The summed E-state index contributed by atoms with van der Waals surface area (Å²) < 4.78 is 51.6. The molecule has 5 fully saturated rings. The Labute approximate surface area is 320 Å². The van der Waals surface area contributed by atoms with E-state index in [2.05, 4.69) is 16.1 Å². The number of aliphatic hydroxyl groups is 1. The third-order valence-electron chi connectivity index (χ3n) is 13.6. The molecule has 3 aromatic rings. The Kier molecular flexibility index (Phi) is 9.14. The van der Waals surface area contributed by atoms with Crippen LogP contribution < -0.4 is 25.5 Å². The number of likely N-dealkylation sites (tertiary alicyclic amines) is 1. The third-order valence-corrected chi connectivity index (χ3v) is 13.6. The first-order chi connectivity index (χ1) is 26.5. The van der Waals surface area contributed by atoms with Crippen molar-refractivity contribution in [2.45, 2.75) is 113 Å². The molecule has 1 spiro atoms. The number of hydrogen-bond donors (Lipinski definition) is 3. The van der Waals surface area contributed by atoms with Crippen molar-refractivity contribution in [2.24, 2.45) is 5.41 Å². The molecule has 2 saturated carbocycles. The maximum absolute atomic E-state index is 17.4. The second kappa shape index (κ2) is 13.8. The molecule has 12 heteroatoms. The summed E-state index contributed by atoms with van der Waals surface area (Å²) in [5.74, 6) is 1.57. The molecule has 2 aliphatic carbocycles. The first-order valence-electron chi connectivity index (χ1n) is 20.1. The zero-order valence-corrected chi connectivity index (χ0v) is 31.8. The lowest BCUT2D eigenvalue weighted by molar-refractivity contribution is -0.0268. The summed E-state index contributed by atoms with van der Waals surface area (Å²) in [5.41, 5.74) is -0.836. The predicted octanol–water partition coefficient (Wildman–Crippen LogP) is 5.06. The van der Waals surface area contributed by atoms with E-state index in [4.69, 9.17) is 30.6 Å². The molecule has 0 bridgehead atoms. The molecule has 0 amide bonds. The number of phenolic OH excluding ortho intramolecular Hbond substituents is 1. The summed E-state index contributed by atoms with van der Waals surface area (Å²) in [6.45, 7) is 4.89. The lowest BCUT2D eigenvalue weighted by Crippen LogP contribution is -2.56. The molecule has 2 aromatic carbocycles. The number of halogens is 2. The van der Waals surface area contributed by atoms with Gasteiger partial charge in [0.05, 0.1) is 37.1 Å². The van der Waals surface area contributed by atoms with Gasteiger partial charge in [-0.1, -0.05) is 31.2 Å². The Morgan fingerprint density at radius 3 is 2.64 bits per heavy atom. The molecule has 4 aliphatic heterocycles. The maximum atomic E-state index is 17.4. The number of nitrogens with one attached hydrogen (secondary N) is 1. The van der Waals surface area contributed by atoms with E-state index in [0.717, 1.165) is 64.5 Å². The number of ether oxygens (including phenoxy) is 3. The van der Waals surface area contributed by atoms with E-state index in [1.165, 1.54) is 44.2 Å². The number of anilines is 1. The highest BCUT2D eigenvalue weighted by molar-refractivity contribution is 5.94. The summed E-state index contributed by atoms with van der Waals surface area (Å²) in [6, 6.07) is 5.17. The van der Waals surface area contributed by atoms with E-state index in [0.29, 0.717) is 59.9 Å². The summed E-state index contributed by atoms with van der Waals surface area (Å²) in [6.07, 6.45) is 18.4. The van der Waals surface area contributed by atoms with Crippen LogP contribution in [0.15, 0.2) is 24.3 Å². The Hall–Kier alpha value is -4.18. The fraction of sp³-hybridized carbons (Fsp3) is 0.581. The highest BCUT2D eigenvalue weighted by atomic mass is 19.1. The SMILES string of the molecule is C#Cc1c(F)ccc2cc(O)cc(C3NC(OC)=c4c(N5CCC[C@@](C)(O)C5)nc(OC[C@]56CCC[C@H]5N(C5COC7(CCCC7)C5)CCC6)nc4=C3F)c12. The predicted molar refractivity (Wildman–Crippen MR) is 205 cm³/mol. The number of terminal acetylenes is 1. The van der Waals surface area contributed by atoms with Crippen LogP contribution >= 0.6 is 0 Å². The molecular formula is C43H51F2N5O5. The van der Waals surface area contributed by atoms with Gasteiger partial charge in [0, 0.05) is 36.0 Å². The Morgan fingerprint density at radius 2 is 1.85 bits per heavy atom. The Bertz CT molecular complexity index is 2180. The van der Waals surface area contributed by atoms with Crippen LogP contribution in [0.1, 0.15) is 101 Å². The van der Waals surface area contributed by atoms with Gasteiger partial charge in [0.1, 0.15) is 34.0 Å². The number of phenols is 1. The minimum atomic E-state index is -1.24. The Morgan fingerprint density at radius 1 is 1.05 bits per heavy atom. The molecule has 55 heavy (non-hydrogen) atoms. The topological polar surface area (TPSA) is 112 Å². The first kappa shape index (κ1) is 36.5. The fourth-order valence-electron chi connectivity index (χ4n) is 11.1. The van der Waals surface area contributed by atoms with Gasteiger partial charge in [0.15, 0.2) is 5.83 Å². The van der Waals surface area contributed by atoms with Gasteiger partial charge in [-0.15, -0.1) is 6.42 Å². The van der Waals surface area contributed by atoms with Gasteiger partial charge in [-0.25, -0.2) is 8.78 Å². The average Bonchev–Trinajstić information content (AvgIpc) is 3.94. The number of benzene rings is 2. The van der Waals surface area contributed by atoms with E-state index >= 15 is 8.78 Å². The van der Waals surface area contributed by atoms with Crippen LogP contribution in [0, 0.1) is 23.6 Å². The first-order valence-corrected chi connectivity index (χ1v) is 20.1. The molecule has 5 atom stereocenters. The van der Waals surface area contributed by atoms with Crippen molar-refractivity contribution < 1.29 is 33.2 Å². The molecule has 6 aliphatic rings. The van der Waals surface area contributed by atoms with Gasteiger partial charge >= 0.3 is 6.01 Å². The van der Waals surface area contributed by atoms with Crippen molar-refractivity contribution in [2.75, 3.05) is 44.9 Å². The van der Waals surface area contributed by atoms with Crippen LogP contribution in [0.2, 0.25) is 0 Å². The van der Waals surface area contributed by atoms with Crippen molar-refractivity contribution in [3.63, 3.8) is 0 Å². The molecule has 0 radical (unpaired) electrons. The van der Waals surface area contributed by atoms with Crippen LogP contribution in [-0.4, -0.2) is 88.3 Å². The van der Waals surface area contributed by atoms with Crippen molar-refractivity contribution in [3.05, 3.63) is 51.8 Å². The number of methoxy groups -OCH3 is 1. The van der Waals surface area contributed by atoms with Gasteiger partial charge in [-0.2, -0.15) is 9.97 Å².